The maximum Gasteiger partial charge on any atom is 0.315 e. The third kappa shape index (κ3) is 4.02. The zero-order valence-corrected chi connectivity index (χ0v) is 13.0. The van der Waals surface area contributed by atoms with Gasteiger partial charge in [0.2, 0.25) is 0 Å². The van der Waals surface area contributed by atoms with E-state index in [0.29, 0.717) is 23.2 Å². The predicted molar refractivity (Wildman–Crippen MR) is 81.6 cm³/mol. The average Bonchev–Trinajstić information content (AvgIpc) is 3.30. The fourth-order valence-electron chi connectivity index (χ4n) is 2.33. The molecule has 1 fully saturated rings. The minimum absolute atomic E-state index is 0.0602. The van der Waals surface area contributed by atoms with Crippen LogP contribution in [0.1, 0.15) is 25.3 Å². The van der Waals surface area contributed by atoms with Crippen molar-refractivity contribution in [3.8, 4) is 5.75 Å². The van der Waals surface area contributed by atoms with E-state index >= 15 is 0 Å². The van der Waals surface area contributed by atoms with Gasteiger partial charge in [0.25, 0.3) is 0 Å². The Bertz CT molecular complexity index is 520. The smallest absolute Gasteiger partial charge is 0.315 e. The number of aliphatic hydroxyl groups is 1. The van der Waals surface area contributed by atoms with Crippen LogP contribution in [0.25, 0.3) is 0 Å². The summed E-state index contributed by atoms with van der Waals surface area (Å²) in [5.41, 5.74) is 0.294. The molecule has 21 heavy (non-hydrogen) atoms. The molecule has 2 amide bonds. The van der Waals surface area contributed by atoms with Crippen LogP contribution in [0.5, 0.6) is 5.75 Å². The lowest BCUT2D eigenvalue weighted by Gasteiger charge is -2.28. The van der Waals surface area contributed by atoms with Crippen LogP contribution < -0.4 is 15.4 Å². The van der Waals surface area contributed by atoms with E-state index in [1.165, 1.54) is 0 Å². The van der Waals surface area contributed by atoms with Crippen molar-refractivity contribution < 1.29 is 14.6 Å². The molecule has 3 N–H and O–H groups in total. The fraction of sp³-hybridized carbons (Fsp3) is 0.533. The number of hydrogen-bond donors (Lipinski definition) is 3. The molecule has 5 nitrogen and oxygen atoms in total. The lowest BCUT2D eigenvalue weighted by atomic mass is 9.97. The number of carbonyl (C=O) groups excluding carboxylic acids is 1. The second-order valence-corrected chi connectivity index (χ2v) is 6.05. The molecule has 1 aromatic rings. The van der Waals surface area contributed by atoms with Crippen LogP contribution in [0, 0.1) is 5.92 Å². The van der Waals surface area contributed by atoms with E-state index in [-0.39, 0.29) is 12.6 Å². The molecule has 1 unspecified atom stereocenters. The topological polar surface area (TPSA) is 70.6 Å². The highest BCUT2D eigenvalue weighted by Gasteiger charge is 2.42. The molecule has 2 rings (SSSR count). The summed E-state index contributed by atoms with van der Waals surface area (Å²) >= 11 is 5.90. The molecular formula is C15H21ClN2O3. The highest BCUT2D eigenvalue weighted by molar-refractivity contribution is 6.30. The van der Waals surface area contributed by atoms with Gasteiger partial charge in [0, 0.05) is 17.1 Å². The zero-order valence-electron chi connectivity index (χ0n) is 12.3. The molecule has 116 valence electrons. The van der Waals surface area contributed by atoms with Crippen LogP contribution >= 0.6 is 11.6 Å². The number of methoxy groups -OCH3 is 1. The van der Waals surface area contributed by atoms with E-state index in [1.54, 1.807) is 19.2 Å². The van der Waals surface area contributed by atoms with Crippen molar-refractivity contribution >= 4 is 17.6 Å². The first-order valence-corrected chi connectivity index (χ1v) is 7.35. The van der Waals surface area contributed by atoms with Crippen LogP contribution in [-0.2, 0) is 6.54 Å². The number of rotatable bonds is 6. The standard InChI is InChI=1S/C15H21ClN2O3/c1-15(9-19,11-4-5-11)18-14(20)17-8-10-3-6-12(16)7-13(10)21-2/h3,6-7,11,19H,4-5,8-9H2,1-2H3,(H2,17,18,20). The number of ether oxygens (including phenoxy) is 1. The van der Waals surface area contributed by atoms with Crippen molar-refractivity contribution in [3.63, 3.8) is 0 Å². The van der Waals surface area contributed by atoms with Crippen molar-refractivity contribution in [1.29, 1.82) is 0 Å². The Kier molecular flexibility index (Phi) is 4.96. The number of nitrogens with one attached hydrogen (secondary N) is 2. The quantitative estimate of drug-likeness (QED) is 0.755. The number of benzene rings is 1. The summed E-state index contributed by atoms with van der Waals surface area (Å²) in [6.45, 7) is 2.14. The van der Waals surface area contributed by atoms with Crippen LogP contribution in [0.3, 0.4) is 0 Å². The molecule has 1 aromatic carbocycles. The number of halogens is 1. The van der Waals surface area contributed by atoms with Gasteiger partial charge in [-0.3, -0.25) is 0 Å². The average molecular weight is 313 g/mol. The largest absolute Gasteiger partial charge is 0.496 e. The molecule has 0 aliphatic heterocycles. The Morgan fingerprint density at radius 1 is 1.52 bits per heavy atom. The second kappa shape index (κ2) is 6.54. The summed E-state index contributed by atoms with van der Waals surface area (Å²) in [6, 6.07) is 4.98. The monoisotopic (exact) mass is 312 g/mol. The van der Waals surface area contributed by atoms with Crippen LogP contribution in [0.15, 0.2) is 18.2 Å². The van der Waals surface area contributed by atoms with Gasteiger partial charge < -0.3 is 20.5 Å². The van der Waals surface area contributed by atoms with Gasteiger partial charge in [-0.25, -0.2) is 4.79 Å². The molecule has 0 aromatic heterocycles. The van der Waals surface area contributed by atoms with Crippen molar-refractivity contribution in [1.82, 2.24) is 10.6 Å². The summed E-state index contributed by atoms with van der Waals surface area (Å²) in [4.78, 5) is 12.0. The summed E-state index contributed by atoms with van der Waals surface area (Å²) in [6.07, 6.45) is 2.09. The van der Waals surface area contributed by atoms with Crippen molar-refractivity contribution in [3.05, 3.63) is 28.8 Å². The van der Waals surface area contributed by atoms with E-state index in [4.69, 9.17) is 16.3 Å². The first kappa shape index (κ1) is 15.9. The SMILES string of the molecule is COc1cc(Cl)ccc1CNC(=O)NC(C)(CO)C1CC1. The summed E-state index contributed by atoms with van der Waals surface area (Å²) in [5, 5.41) is 15.7. The van der Waals surface area contributed by atoms with E-state index in [1.807, 2.05) is 13.0 Å². The van der Waals surface area contributed by atoms with E-state index < -0.39 is 5.54 Å². The van der Waals surface area contributed by atoms with Crippen molar-refractivity contribution in [2.75, 3.05) is 13.7 Å². The van der Waals surface area contributed by atoms with E-state index in [2.05, 4.69) is 10.6 Å². The summed E-state index contributed by atoms with van der Waals surface area (Å²) < 4.78 is 5.23. The molecule has 1 atom stereocenters. The Morgan fingerprint density at radius 3 is 2.81 bits per heavy atom. The second-order valence-electron chi connectivity index (χ2n) is 5.61. The molecule has 0 spiro atoms. The number of amides is 2. The van der Waals surface area contributed by atoms with Gasteiger partial charge in [-0.05, 0) is 37.8 Å². The maximum atomic E-state index is 12.0. The molecule has 1 aliphatic carbocycles. The van der Waals surface area contributed by atoms with Crippen LogP contribution in [-0.4, -0.2) is 30.4 Å². The lowest BCUT2D eigenvalue weighted by Crippen LogP contribution is -2.53. The molecule has 1 aliphatic rings. The molecule has 0 heterocycles. The molecule has 6 heteroatoms. The van der Waals surface area contributed by atoms with Crippen molar-refractivity contribution in [2.24, 2.45) is 5.92 Å². The summed E-state index contributed by atoms with van der Waals surface area (Å²) in [7, 11) is 1.56. The number of hydrogen-bond acceptors (Lipinski definition) is 3. The van der Waals surface area contributed by atoms with Crippen molar-refractivity contribution in [2.45, 2.75) is 31.8 Å². The number of urea groups is 1. The Balaban J connectivity index is 1.92. The van der Waals surface area contributed by atoms with Crippen LogP contribution in [0.2, 0.25) is 5.02 Å². The molecule has 0 saturated heterocycles. The van der Waals surface area contributed by atoms with E-state index in [9.17, 15) is 9.90 Å². The third-order valence-corrected chi connectivity index (χ3v) is 4.13. The first-order chi connectivity index (χ1) is 9.98. The zero-order chi connectivity index (χ0) is 15.5. The number of aliphatic hydroxyl groups excluding tert-OH is 1. The normalized spacial score (nSPS) is 17.0. The minimum atomic E-state index is -0.547. The van der Waals surface area contributed by atoms with Gasteiger partial charge in [0.1, 0.15) is 5.75 Å². The molecule has 1 saturated carbocycles. The third-order valence-electron chi connectivity index (χ3n) is 3.89. The van der Waals surface area contributed by atoms with Gasteiger partial charge in [-0.15, -0.1) is 0 Å². The fourth-order valence-corrected chi connectivity index (χ4v) is 2.50. The molecule has 0 bridgehead atoms. The minimum Gasteiger partial charge on any atom is -0.496 e. The highest BCUT2D eigenvalue weighted by Crippen LogP contribution is 2.39. The highest BCUT2D eigenvalue weighted by atomic mass is 35.5. The van der Waals surface area contributed by atoms with Gasteiger partial charge in [-0.1, -0.05) is 17.7 Å². The summed E-state index contributed by atoms with van der Waals surface area (Å²) in [5.74, 6) is 0.994. The molecule has 0 radical (unpaired) electrons. The van der Waals surface area contributed by atoms with Gasteiger partial charge in [-0.2, -0.15) is 0 Å². The molecular weight excluding hydrogens is 292 g/mol. The van der Waals surface area contributed by atoms with Gasteiger partial charge in [0.15, 0.2) is 0 Å². The van der Waals surface area contributed by atoms with Gasteiger partial charge in [0.05, 0.1) is 19.3 Å². The lowest BCUT2D eigenvalue weighted by molar-refractivity contribution is 0.155. The van der Waals surface area contributed by atoms with Gasteiger partial charge >= 0.3 is 6.03 Å². The van der Waals surface area contributed by atoms with E-state index in [0.717, 1.165) is 18.4 Å². The predicted octanol–water partition coefficient (Wildman–Crippen LogP) is 2.31. The Hall–Kier alpha value is -1.46. The maximum absolute atomic E-state index is 12.0. The number of carbonyl (C=O) groups is 1. The Morgan fingerprint density at radius 2 is 2.24 bits per heavy atom. The van der Waals surface area contributed by atoms with Crippen LogP contribution in [0.4, 0.5) is 4.79 Å². The first-order valence-electron chi connectivity index (χ1n) is 6.98. The Labute approximate surface area is 129 Å².